The molecule has 1 fully saturated rings. The van der Waals surface area contributed by atoms with E-state index in [0.29, 0.717) is 0 Å². The van der Waals surface area contributed by atoms with Gasteiger partial charge in [-0.25, -0.2) is 9.18 Å². The smallest absolute Gasteiger partial charge is 0.408 e. The van der Waals surface area contributed by atoms with E-state index in [1.807, 2.05) is 0 Å². The Labute approximate surface area is 139 Å². The summed E-state index contributed by atoms with van der Waals surface area (Å²) in [6.07, 6.45) is 0.174. The molecule has 1 amide bonds. The standard InChI is InChI=1S/C15H21FN4O4/c1-15(2,3)19(14(21)22)11-6-10(16)8-18(9-11)12-4-5-17-7-13(12)20(23)24/h4-5,7,10-11H,6,8-9H2,1-3H3,(H,21,22)/t10-,11-/m0/s1. The highest BCUT2D eigenvalue weighted by molar-refractivity contribution is 5.67. The van der Waals surface area contributed by atoms with Crippen LogP contribution in [-0.4, -0.2) is 56.8 Å². The van der Waals surface area contributed by atoms with Crippen LogP contribution < -0.4 is 4.90 Å². The van der Waals surface area contributed by atoms with Crippen molar-refractivity contribution in [3.05, 3.63) is 28.6 Å². The maximum atomic E-state index is 14.3. The molecule has 0 unspecified atom stereocenters. The largest absolute Gasteiger partial charge is 0.465 e. The van der Waals surface area contributed by atoms with E-state index in [1.165, 1.54) is 22.1 Å². The van der Waals surface area contributed by atoms with Gasteiger partial charge in [0, 0.05) is 31.2 Å². The van der Waals surface area contributed by atoms with E-state index >= 15 is 0 Å². The summed E-state index contributed by atoms with van der Waals surface area (Å²) in [6, 6.07) is 0.856. The highest BCUT2D eigenvalue weighted by atomic mass is 19.1. The molecule has 132 valence electrons. The van der Waals surface area contributed by atoms with Gasteiger partial charge in [-0.3, -0.25) is 20.0 Å². The summed E-state index contributed by atoms with van der Waals surface area (Å²) in [5, 5.41) is 20.7. The van der Waals surface area contributed by atoms with Gasteiger partial charge >= 0.3 is 11.8 Å². The molecule has 8 nitrogen and oxygen atoms in total. The first-order valence-electron chi connectivity index (χ1n) is 7.61. The van der Waals surface area contributed by atoms with Gasteiger partial charge in [-0.2, -0.15) is 0 Å². The molecule has 0 saturated carbocycles. The van der Waals surface area contributed by atoms with Crippen molar-refractivity contribution in [1.29, 1.82) is 0 Å². The fraction of sp³-hybridized carbons (Fsp3) is 0.600. The molecule has 0 bridgehead atoms. The van der Waals surface area contributed by atoms with Crippen LogP contribution in [0, 0.1) is 10.1 Å². The SMILES string of the molecule is CC(C)(C)N(C(=O)O)[C@H]1C[C@H](F)CN(c2ccncc2[N+](=O)[O-])C1. The highest BCUT2D eigenvalue weighted by Crippen LogP contribution is 2.32. The summed E-state index contributed by atoms with van der Waals surface area (Å²) in [5.74, 6) is 0. The molecule has 9 heteroatoms. The van der Waals surface area contributed by atoms with Gasteiger partial charge < -0.3 is 10.0 Å². The van der Waals surface area contributed by atoms with Crippen LogP contribution in [0.15, 0.2) is 18.5 Å². The summed E-state index contributed by atoms with van der Waals surface area (Å²) in [7, 11) is 0. The van der Waals surface area contributed by atoms with E-state index in [4.69, 9.17) is 0 Å². The fourth-order valence-electron chi connectivity index (χ4n) is 3.17. The minimum Gasteiger partial charge on any atom is -0.465 e. The second-order valence-corrected chi connectivity index (χ2v) is 6.84. The van der Waals surface area contributed by atoms with Crippen molar-refractivity contribution in [3.63, 3.8) is 0 Å². The Balaban J connectivity index is 2.35. The van der Waals surface area contributed by atoms with Crippen molar-refractivity contribution in [2.45, 2.75) is 44.9 Å². The van der Waals surface area contributed by atoms with Crippen LogP contribution >= 0.6 is 0 Å². The Morgan fingerprint density at radius 2 is 2.17 bits per heavy atom. The zero-order chi connectivity index (χ0) is 18.1. The van der Waals surface area contributed by atoms with Gasteiger partial charge in [-0.15, -0.1) is 0 Å². The lowest BCUT2D eigenvalue weighted by Crippen LogP contribution is -2.59. The number of hydrogen-bond donors (Lipinski definition) is 1. The number of amides is 1. The summed E-state index contributed by atoms with van der Waals surface area (Å²) in [5.41, 5.74) is -0.673. The van der Waals surface area contributed by atoms with E-state index in [1.54, 1.807) is 20.8 Å². The molecule has 2 atom stereocenters. The number of nitro groups is 1. The van der Waals surface area contributed by atoms with Crippen molar-refractivity contribution >= 4 is 17.5 Å². The van der Waals surface area contributed by atoms with Crippen molar-refractivity contribution in [2.24, 2.45) is 0 Å². The van der Waals surface area contributed by atoms with E-state index in [-0.39, 0.29) is 30.9 Å². The summed E-state index contributed by atoms with van der Waals surface area (Å²) >= 11 is 0. The van der Waals surface area contributed by atoms with Gasteiger partial charge in [0.15, 0.2) is 0 Å². The lowest BCUT2D eigenvalue weighted by Gasteiger charge is -2.45. The highest BCUT2D eigenvalue weighted by Gasteiger charge is 2.39. The average Bonchev–Trinajstić information content (AvgIpc) is 2.44. The molecule has 1 aliphatic heterocycles. The second kappa shape index (κ2) is 6.58. The number of carbonyl (C=O) groups is 1. The van der Waals surface area contributed by atoms with Crippen LogP contribution in [0.3, 0.4) is 0 Å². The van der Waals surface area contributed by atoms with Gasteiger partial charge in [0.2, 0.25) is 0 Å². The second-order valence-electron chi connectivity index (χ2n) is 6.84. The average molecular weight is 340 g/mol. The van der Waals surface area contributed by atoms with Gasteiger partial charge in [0.05, 0.1) is 11.0 Å². The van der Waals surface area contributed by atoms with E-state index in [0.717, 1.165) is 6.20 Å². The summed E-state index contributed by atoms with van der Waals surface area (Å²) < 4.78 is 14.3. The molecule has 1 aromatic heterocycles. The lowest BCUT2D eigenvalue weighted by molar-refractivity contribution is -0.384. The number of halogens is 1. The molecule has 2 heterocycles. The summed E-state index contributed by atoms with van der Waals surface area (Å²) in [4.78, 5) is 28.7. The Morgan fingerprint density at radius 3 is 2.71 bits per heavy atom. The maximum absolute atomic E-state index is 14.3. The Morgan fingerprint density at radius 1 is 1.50 bits per heavy atom. The van der Waals surface area contributed by atoms with Crippen LogP contribution in [-0.2, 0) is 0 Å². The number of nitrogens with zero attached hydrogens (tertiary/aromatic N) is 4. The van der Waals surface area contributed by atoms with Crippen LogP contribution in [0.1, 0.15) is 27.2 Å². The Bertz CT molecular complexity index is 634. The molecular weight excluding hydrogens is 319 g/mol. The van der Waals surface area contributed by atoms with Gasteiger partial charge in [-0.1, -0.05) is 0 Å². The first-order valence-corrected chi connectivity index (χ1v) is 7.61. The quantitative estimate of drug-likeness (QED) is 0.671. The first-order chi connectivity index (χ1) is 11.1. The number of hydrogen-bond acceptors (Lipinski definition) is 5. The number of rotatable bonds is 3. The maximum Gasteiger partial charge on any atom is 0.408 e. The van der Waals surface area contributed by atoms with Crippen molar-refractivity contribution < 1.29 is 19.2 Å². The van der Waals surface area contributed by atoms with Crippen LogP contribution in [0.2, 0.25) is 0 Å². The molecule has 1 aliphatic rings. The van der Waals surface area contributed by atoms with Crippen molar-refractivity contribution in [3.8, 4) is 0 Å². The predicted molar refractivity (Wildman–Crippen MR) is 86.0 cm³/mol. The topological polar surface area (TPSA) is 99.8 Å². The number of alkyl halides is 1. The third-order valence-corrected chi connectivity index (χ3v) is 3.99. The minimum atomic E-state index is -1.28. The zero-order valence-electron chi connectivity index (χ0n) is 13.8. The van der Waals surface area contributed by atoms with Crippen molar-refractivity contribution in [2.75, 3.05) is 18.0 Å². The van der Waals surface area contributed by atoms with Crippen LogP contribution in [0.25, 0.3) is 0 Å². The number of carboxylic acid groups (broad SMARTS) is 1. The zero-order valence-corrected chi connectivity index (χ0v) is 13.8. The van der Waals surface area contributed by atoms with E-state index < -0.39 is 28.8 Å². The van der Waals surface area contributed by atoms with Crippen LogP contribution in [0.4, 0.5) is 20.6 Å². The number of anilines is 1. The number of aromatic nitrogens is 1. The monoisotopic (exact) mass is 340 g/mol. The third-order valence-electron chi connectivity index (χ3n) is 3.99. The molecule has 1 saturated heterocycles. The van der Waals surface area contributed by atoms with Gasteiger partial charge in [0.25, 0.3) is 0 Å². The predicted octanol–water partition coefficient (Wildman–Crippen LogP) is 2.69. The fourth-order valence-corrected chi connectivity index (χ4v) is 3.17. The van der Waals surface area contributed by atoms with Crippen molar-refractivity contribution in [1.82, 2.24) is 9.88 Å². The van der Waals surface area contributed by atoms with Gasteiger partial charge in [0.1, 0.15) is 18.1 Å². The van der Waals surface area contributed by atoms with Gasteiger partial charge in [-0.05, 0) is 26.8 Å². The first kappa shape index (κ1) is 17.9. The minimum absolute atomic E-state index is 0.0149. The Hall–Kier alpha value is -2.45. The molecule has 0 aliphatic carbocycles. The van der Waals surface area contributed by atoms with E-state index in [2.05, 4.69) is 4.98 Å². The third kappa shape index (κ3) is 3.72. The normalized spacial score (nSPS) is 21.4. The Kier molecular flexibility index (Phi) is 4.91. The summed E-state index contributed by atoms with van der Waals surface area (Å²) in [6.45, 7) is 5.39. The number of pyridine rings is 1. The molecule has 0 spiro atoms. The lowest BCUT2D eigenvalue weighted by atomic mass is 9.96. The molecule has 24 heavy (non-hydrogen) atoms. The molecule has 0 radical (unpaired) electrons. The number of piperidine rings is 1. The van der Waals surface area contributed by atoms with E-state index in [9.17, 15) is 24.4 Å². The van der Waals surface area contributed by atoms with Crippen LogP contribution in [0.5, 0.6) is 0 Å². The molecule has 1 N–H and O–H groups in total. The molecular formula is C15H21FN4O4. The molecule has 0 aromatic carbocycles. The molecule has 1 aromatic rings. The molecule has 2 rings (SSSR count).